The Morgan fingerprint density at radius 3 is 2.72 bits per heavy atom. The maximum atomic E-state index is 12.8. The van der Waals surface area contributed by atoms with Crippen LogP contribution < -0.4 is 10.2 Å². The number of amides is 2. The summed E-state index contributed by atoms with van der Waals surface area (Å²) in [5.74, 6) is 1.04. The molecule has 0 fully saturated rings. The maximum Gasteiger partial charge on any atom is 0.237 e. The van der Waals surface area contributed by atoms with Gasteiger partial charge in [-0.1, -0.05) is 35.9 Å². The second-order valence-corrected chi connectivity index (χ2v) is 7.42. The van der Waals surface area contributed by atoms with Gasteiger partial charge in [0.2, 0.25) is 11.8 Å². The topological polar surface area (TPSA) is 49.4 Å². The van der Waals surface area contributed by atoms with Crippen LogP contribution in [0, 0.1) is 0 Å². The van der Waals surface area contributed by atoms with Gasteiger partial charge in [-0.25, -0.2) is 0 Å². The van der Waals surface area contributed by atoms with Crippen LogP contribution in [0.25, 0.3) is 0 Å². The SMILES string of the molecule is C[C@@H]1CC(=O)Nc2ccccc2N1C(=O)CSCc1ccc(Cl)cc1. The lowest BCUT2D eigenvalue weighted by molar-refractivity contribution is -0.117. The Bertz CT molecular complexity index is 779. The molecule has 2 amide bonds. The Labute approximate surface area is 156 Å². The molecule has 0 radical (unpaired) electrons. The van der Waals surface area contributed by atoms with Crippen LogP contribution in [-0.4, -0.2) is 23.6 Å². The van der Waals surface area contributed by atoms with Crippen molar-refractivity contribution in [2.75, 3.05) is 16.0 Å². The third-order valence-electron chi connectivity index (χ3n) is 4.04. The number of nitrogens with one attached hydrogen (secondary N) is 1. The number of carbonyl (C=O) groups is 2. The highest BCUT2D eigenvalue weighted by molar-refractivity contribution is 7.99. The molecule has 0 saturated carbocycles. The van der Waals surface area contributed by atoms with Crippen LogP contribution in [-0.2, 0) is 15.3 Å². The van der Waals surface area contributed by atoms with Crippen LogP contribution in [0.2, 0.25) is 5.02 Å². The zero-order chi connectivity index (χ0) is 17.8. The van der Waals surface area contributed by atoms with Gasteiger partial charge in [0.1, 0.15) is 0 Å². The Morgan fingerprint density at radius 1 is 1.24 bits per heavy atom. The van der Waals surface area contributed by atoms with E-state index in [-0.39, 0.29) is 17.9 Å². The van der Waals surface area contributed by atoms with Gasteiger partial charge in [-0.15, -0.1) is 11.8 Å². The van der Waals surface area contributed by atoms with Gasteiger partial charge < -0.3 is 10.2 Å². The molecule has 1 N–H and O–H groups in total. The van der Waals surface area contributed by atoms with E-state index in [0.717, 1.165) is 17.0 Å². The molecule has 130 valence electrons. The summed E-state index contributed by atoms with van der Waals surface area (Å²) >= 11 is 7.45. The summed E-state index contributed by atoms with van der Waals surface area (Å²) in [6, 6.07) is 14.9. The monoisotopic (exact) mass is 374 g/mol. The van der Waals surface area contributed by atoms with E-state index in [2.05, 4.69) is 5.32 Å². The average molecular weight is 375 g/mol. The average Bonchev–Trinajstić information content (AvgIpc) is 2.70. The minimum absolute atomic E-state index is 0.00964. The Kier molecular flexibility index (Phi) is 5.66. The lowest BCUT2D eigenvalue weighted by Gasteiger charge is -2.27. The number of para-hydroxylation sites is 2. The number of hydrogen-bond donors (Lipinski definition) is 1. The molecule has 0 unspecified atom stereocenters. The molecular weight excluding hydrogens is 356 g/mol. The highest BCUT2D eigenvalue weighted by Crippen LogP contribution is 2.31. The van der Waals surface area contributed by atoms with E-state index in [1.54, 1.807) is 16.7 Å². The summed E-state index contributed by atoms with van der Waals surface area (Å²) in [6.07, 6.45) is 0.294. The Hall–Kier alpha value is -1.98. The number of benzene rings is 2. The summed E-state index contributed by atoms with van der Waals surface area (Å²) in [5.41, 5.74) is 2.58. The van der Waals surface area contributed by atoms with Gasteiger partial charge >= 0.3 is 0 Å². The van der Waals surface area contributed by atoms with Crippen molar-refractivity contribution in [2.24, 2.45) is 0 Å². The van der Waals surface area contributed by atoms with Crippen molar-refractivity contribution >= 4 is 46.6 Å². The molecule has 0 bridgehead atoms. The molecule has 0 spiro atoms. The summed E-state index contributed by atoms with van der Waals surface area (Å²) in [7, 11) is 0. The molecule has 3 rings (SSSR count). The highest BCUT2D eigenvalue weighted by Gasteiger charge is 2.29. The molecule has 0 saturated heterocycles. The van der Waals surface area contributed by atoms with E-state index in [9.17, 15) is 9.59 Å². The van der Waals surface area contributed by atoms with Crippen LogP contribution in [0.3, 0.4) is 0 Å². The zero-order valence-corrected chi connectivity index (χ0v) is 15.4. The number of hydrogen-bond acceptors (Lipinski definition) is 3. The predicted molar refractivity (Wildman–Crippen MR) is 104 cm³/mol. The van der Waals surface area contributed by atoms with Gasteiger partial charge in [-0.05, 0) is 36.8 Å². The van der Waals surface area contributed by atoms with Gasteiger partial charge in [0.15, 0.2) is 0 Å². The first kappa shape index (κ1) is 17.8. The summed E-state index contributed by atoms with van der Waals surface area (Å²) in [6.45, 7) is 1.91. The predicted octanol–water partition coefficient (Wildman–Crippen LogP) is 4.34. The van der Waals surface area contributed by atoms with Crippen LogP contribution in [0.4, 0.5) is 11.4 Å². The fourth-order valence-electron chi connectivity index (χ4n) is 2.87. The molecule has 1 aliphatic heterocycles. The van der Waals surface area contributed by atoms with E-state index < -0.39 is 0 Å². The van der Waals surface area contributed by atoms with Crippen molar-refractivity contribution < 1.29 is 9.59 Å². The first-order valence-electron chi connectivity index (χ1n) is 8.07. The third-order valence-corrected chi connectivity index (χ3v) is 5.28. The van der Waals surface area contributed by atoms with Gasteiger partial charge in [-0.3, -0.25) is 9.59 Å². The molecular formula is C19H19ClN2O2S. The molecule has 1 heterocycles. The van der Waals surface area contributed by atoms with Crippen molar-refractivity contribution in [3.8, 4) is 0 Å². The maximum absolute atomic E-state index is 12.8. The molecule has 0 aliphatic carbocycles. The van der Waals surface area contributed by atoms with E-state index in [1.807, 2.05) is 55.5 Å². The number of carbonyl (C=O) groups excluding carboxylic acids is 2. The molecule has 1 aliphatic rings. The van der Waals surface area contributed by atoms with E-state index in [1.165, 1.54) is 0 Å². The molecule has 6 heteroatoms. The van der Waals surface area contributed by atoms with E-state index in [0.29, 0.717) is 22.9 Å². The first-order chi connectivity index (χ1) is 12.0. The summed E-state index contributed by atoms with van der Waals surface area (Å²) in [5, 5.41) is 3.58. The van der Waals surface area contributed by atoms with E-state index in [4.69, 9.17) is 11.6 Å². The van der Waals surface area contributed by atoms with Crippen LogP contribution in [0.15, 0.2) is 48.5 Å². The summed E-state index contributed by atoms with van der Waals surface area (Å²) < 4.78 is 0. The van der Waals surface area contributed by atoms with E-state index >= 15 is 0 Å². The first-order valence-corrected chi connectivity index (χ1v) is 9.61. The van der Waals surface area contributed by atoms with Crippen molar-refractivity contribution in [3.05, 3.63) is 59.1 Å². The van der Waals surface area contributed by atoms with Crippen molar-refractivity contribution in [2.45, 2.75) is 25.1 Å². The quantitative estimate of drug-likeness (QED) is 0.866. The largest absolute Gasteiger partial charge is 0.324 e. The number of anilines is 2. The van der Waals surface area contributed by atoms with Gasteiger partial charge in [0, 0.05) is 23.2 Å². The standard InChI is InChI=1S/C19H19ClN2O2S/c1-13-10-18(23)21-16-4-2-3-5-17(16)22(13)19(24)12-25-11-14-6-8-15(20)9-7-14/h2-9,13H,10-12H2,1H3,(H,21,23)/t13-/m1/s1. The third kappa shape index (κ3) is 4.35. The molecule has 25 heavy (non-hydrogen) atoms. The fraction of sp³-hybridized carbons (Fsp3) is 0.263. The highest BCUT2D eigenvalue weighted by atomic mass is 35.5. The van der Waals surface area contributed by atoms with Crippen LogP contribution >= 0.6 is 23.4 Å². The number of halogens is 1. The molecule has 0 aromatic heterocycles. The number of nitrogens with zero attached hydrogens (tertiary/aromatic N) is 1. The summed E-state index contributed by atoms with van der Waals surface area (Å²) in [4.78, 5) is 26.5. The van der Waals surface area contributed by atoms with Gasteiger partial charge in [0.05, 0.1) is 17.1 Å². The number of fused-ring (bicyclic) bond motifs is 1. The minimum atomic E-state index is -0.174. The lowest BCUT2D eigenvalue weighted by atomic mass is 10.2. The second-order valence-electron chi connectivity index (χ2n) is 6.00. The fourth-order valence-corrected chi connectivity index (χ4v) is 3.84. The van der Waals surface area contributed by atoms with Crippen molar-refractivity contribution in [1.29, 1.82) is 0 Å². The smallest absolute Gasteiger partial charge is 0.237 e. The Balaban J connectivity index is 1.69. The van der Waals surface area contributed by atoms with Crippen LogP contribution in [0.1, 0.15) is 18.9 Å². The van der Waals surface area contributed by atoms with Gasteiger partial charge in [-0.2, -0.15) is 0 Å². The van der Waals surface area contributed by atoms with Gasteiger partial charge in [0.25, 0.3) is 0 Å². The number of rotatable bonds is 4. The molecule has 2 aromatic carbocycles. The second kappa shape index (κ2) is 7.93. The molecule has 4 nitrogen and oxygen atoms in total. The normalized spacial score (nSPS) is 16.8. The van der Waals surface area contributed by atoms with Crippen molar-refractivity contribution in [3.63, 3.8) is 0 Å². The Morgan fingerprint density at radius 2 is 1.96 bits per heavy atom. The molecule has 1 atom stereocenters. The zero-order valence-electron chi connectivity index (χ0n) is 13.9. The van der Waals surface area contributed by atoms with Crippen LogP contribution in [0.5, 0.6) is 0 Å². The minimum Gasteiger partial charge on any atom is -0.324 e. The lowest BCUT2D eigenvalue weighted by Crippen LogP contribution is -2.40. The molecule has 2 aromatic rings. The van der Waals surface area contributed by atoms with Crippen molar-refractivity contribution in [1.82, 2.24) is 0 Å². The number of thioether (sulfide) groups is 1.